The smallest absolute Gasteiger partial charge is 0.281 e. The van der Waals surface area contributed by atoms with Crippen molar-refractivity contribution < 1.29 is 24.3 Å². The Labute approximate surface area is 145 Å². The van der Waals surface area contributed by atoms with Gasteiger partial charge >= 0.3 is 0 Å². The van der Waals surface area contributed by atoms with Crippen LogP contribution in [0.15, 0.2) is 46.9 Å². The second-order valence-electron chi connectivity index (χ2n) is 5.05. The van der Waals surface area contributed by atoms with Crippen molar-refractivity contribution in [3.63, 3.8) is 0 Å². The standard InChI is InChI=1S/C17H15NO5.C2H6/c1-18(22-2)17(21)14-9-13(20)7-11-8-15(23-16(11)14)10-3-5-12(19)6-4-10;1-2/h3-9,19-20H,1-2H3;1-2H3. The van der Waals surface area contributed by atoms with Gasteiger partial charge in [-0.25, -0.2) is 5.06 Å². The molecule has 3 rings (SSSR count). The van der Waals surface area contributed by atoms with Crippen LogP contribution in [0.25, 0.3) is 22.3 Å². The molecular formula is C19H21NO5. The predicted octanol–water partition coefficient (Wildman–Crippen LogP) is 4.17. The summed E-state index contributed by atoms with van der Waals surface area (Å²) in [6, 6.07) is 11.1. The summed E-state index contributed by atoms with van der Waals surface area (Å²) in [6.07, 6.45) is 0. The van der Waals surface area contributed by atoms with Crippen LogP contribution in [0.4, 0.5) is 0 Å². The van der Waals surface area contributed by atoms with Gasteiger partial charge in [-0.3, -0.25) is 9.63 Å². The Hall–Kier alpha value is -2.99. The van der Waals surface area contributed by atoms with E-state index in [1.54, 1.807) is 30.3 Å². The van der Waals surface area contributed by atoms with Crippen LogP contribution >= 0.6 is 0 Å². The van der Waals surface area contributed by atoms with Gasteiger partial charge in [-0.2, -0.15) is 0 Å². The molecule has 1 heterocycles. The second-order valence-corrected chi connectivity index (χ2v) is 5.05. The van der Waals surface area contributed by atoms with Gasteiger partial charge in [-0.1, -0.05) is 13.8 Å². The van der Waals surface area contributed by atoms with Gasteiger partial charge in [0.1, 0.15) is 22.8 Å². The number of amides is 1. The normalized spacial score (nSPS) is 10.2. The van der Waals surface area contributed by atoms with E-state index in [-0.39, 0.29) is 17.1 Å². The van der Waals surface area contributed by atoms with Crippen molar-refractivity contribution in [2.24, 2.45) is 0 Å². The Bertz CT molecular complexity index is 867. The number of phenols is 2. The molecule has 2 N–H and O–H groups in total. The zero-order valence-corrected chi connectivity index (χ0v) is 14.6. The topological polar surface area (TPSA) is 83.1 Å². The molecule has 0 aliphatic carbocycles. The van der Waals surface area contributed by atoms with Crippen LogP contribution < -0.4 is 0 Å². The lowest BCUT2D eigenvalue weighted by atomic mass is 10.1. The van der Waals surface area contributed by atoms with Crippen LogP contribution in [0.5, 0.6) is 11.5 Å². The van der Waals surface area contributed by atoms with E-state index in [0.717, 1.165) is 10.6 Å². The number of carbonyl (C=O) groups is 1. The zero-order chi connectivity index (χ0) is 18.6. The van der Waals surface area contributed by atoms with E-state index >= 15 is 0 Å². The number of aromatic hydroxyl groups is 2. The van der Waals surface area contributed by atoms with Gasteiger partial charge < -0.3 is 14.6 Å². The summed E-state index contributed by atoms with van der Waals surface area (Å²) in [5, 5.41) is 20.9. The highest BCUT2D eigenvalue weighted by atomic mass is 16.7. The van der Waals surface area contributed by atoms with E-state index in [1.807, 2.05) is 13.8 Å². The summed E-state index contributed by atoms with van der Waals surface area (Å²) in [6.45, 7) is 4.00. The molecule has 0 bridgehead atoms. The van der Waals surface area contributed by atoms with Crippen LogP contribution in [0.1, 0.15) is 24.2 Å². The first-order chi connectivity index (χ1) is 12.0. The van der Waals surface area contributed by atoms with E-state index in [4.69, 9.17) is 9.25 Å². The summed E-state index contributed by atoms with van der Waals surface area (Å²) in [5.41, 5.74) is 1.31. The summed E-state index contributed by atoms with van der Waals surface area (Å²) < 4.78 is 5.80. The molecule has 2 aromatic carbocycles. The number of benzene rings is 2. The van der Waals surface area contributed by atoms with Crippen molar-refractivity contribution in [2.75, 3.05) is 14.2 Å². The molecule has 0 unspecified atom stereocenters. The molecule has 25 heavy (non-hydrogen) atoms. The maximum absolute atomic E-state index is 12.3. The van der Waals surface area contributed by atoms with Gasteiger partial charge in [0.15, 0.2) is 0 Å². The number of furan rings is 1. The third-order valence-electron chi connectivity index (χ3n) is 3.54. The highest BCUT2D eigenvalue weighted by molar-refractivity contribution is 6.05. The third-order valence-corrected chi connectivity index (χ3v) is 3.54. The van der Waals surface area contributed by atoms with Crippen molar-refractivity contribution in [3.8, 4) is 22.8 Å². The molecule has 3 aromatic rings. The maximum Gasteiger partial charge on any atom is 0.281 e. The molecular weight excluding hydrogens is 322 g/mol. The largest absolute Gasteiger partial charge is 0.508 e. The van der Waals surface area contributed by atoms with Gasteiger partial charge in [0.2, 0.25) is 0 Å². The molecule has 0 atom stereocenters. The van der Waals surface area contributed by atoms with E-state index < -0.39 is 5.91 Å². The van der Waals surface area contributed by atoms with Crippen LogP contribution in [-0.2, 0) is 4.84 Å². The molecule has 0 radical (unpaired) electrons. The Morgan fingerprint density at radius 3 is 2.28 bits per heavy atom. The Morgan fingerprint density at radius 2 is 1.68 bits per heavy atom. The fraction of sp³-hybridized carbons (Fsp3) is 0.211. The molecule has 132 valence electrons. The lowest BCUT2D eigenvalue weighted by Gasteiger charge is -2.13. The minimum Gasteiger partial charge on any atom is -0.508 e. The molecule has 6 nitrogen and oxygen atoms in total. The van der Waals surface area contributed by atoms with Crippen molar-refractivity contribution >= 4 is 16.9 Å². The lowest BCUT2D eigenvalue weighted by molar-refractivity contribution is -0.0756. The number of rotatable bonds is 3. The Kier molecular flexibility index (Phi) is 5.67. The van der Waals surface area contributed by atoms with E-state index in [9.17, 15) is 15.0 Å². The first-order valence-corrected chi connectivity index (χ1v) is 7.87. The first-order valence-electron chi connectivity index (χ1n) is 7.87. The SMILES string of the molecule is CC.CON(C)C(=O)c1cc(O)cc2cc(-c3ccc(O)cc3)oc12. The molecule has 1 amide bonds. The molecule has 0 spiro atoms. The minimum atomic E-state index is -0.431. The molecule has 0 saturated carbocycles. The van der Waals surface area contributed by atoms with Crippen molar-refractivity contribution in [1.82, 2.24) is 5.06 Å². The number of hydrogen-bond acceptors (Lipinski definition) is 5. The quantitative estimate of drug-likeness (QED) is 0.697. The number of nitrogens with zero attached hydrogens (tertiary/aromatic N) is 1. The number of hydroxylamine groups is 2. The second kappa shape index (κ2) is 7.72. The molecule has 0 fully saturated rings. The highest BCUT2D eigenvalue weighted by Gasteiger charge is 2.20. The Morgan fingerprint density at radius 1 is 1.04 bits per heavy atom. The fourth-order valence-corrected chi connectivity index (χ4v) is 2.32. The van der Waals surface area contributed by atoms with Crippen molar-refractivity contribution in [1.29, 1.82) is 0 Å². The zero-order valence-electron chi connectivity index (χ0n) is 14.6. The number of hydrogen-bond donors (Lipinski definition) is 2. The van der Waals surface area contributed by atoms with E-state index in [0.29, 0.717) is 16.7 Å². The van der Waals surface area contributed by atoms with Crippen LogP contribution in [-0.4, -0.2) is 35.3 Å². The fourth-order valence-electron chi connectivity index (χ4n) is 2.32. The molecule has 6 heteroatoms. The third kappa shape index (κ3) is 3.75. The van der Waals surface area contributed by atoms with Crippen molar-refractivity contribution in [3.05, 3.63) is 48.0 Å². The van der Waals surface area contributed by atoms with Gasteiger partial charge in [-0.05, 0) is 42.5 Å². The minimum absolute atomic E-state index is 0.0385. The maximum atomic E-state index is 12.3. The summed E-state index contributed by atoms with van der Waals surface area (Å²) in [4.78, 5) is 17.2. The molecule has 0 aliphatic heterocycles. The predicted molar refractivity (Wildman–Crippen MR) is 95.4 cm³/mol. The van der Waals surface area contributed by atoms with Gasteiger partial charge in [0.25, 0.3) is 5.91 Å². The molecule has 0 saturated heterocycles. The van der Waals surface area contributed by atoms with Crippen molar-refractivity contribution in [2.45, 2.75) is 13.8 Å². The average Bonchev–Trinajstić information content (AvgIpc) is 3.05. The highest BCUT2D eigenvalue weighted by Crippen LogP contribution is 2.33. The first kappa shape index (κ1) is 18.4. The molecule has 0 aliphatic rings. The number of fused-ring (bicyclic) bond motifs is 1. The summed E-state index contributed by atoms with van der Waals surface area (Å²) >= 11 is 0. The van der Waals surface area contributed by atoms with Crippen LogP contribution in [0.2, 0.25) is 0 Å². The summed E-state index contributed by atoms with van der Waals surface area (Å²) in [5.74, 6) is 0.211. The van der Waals surface area contributed by atoms with Crippen LogP contribution in [0, 0.1) is 0 Å². The summed E-state index contributed by atoms with van der Waals surface area (Å²) in [7, 11) is 2.85. The van der Waals surface area contributed by atoms with E-state index in [2.05, 4.69) is 0 Å². The number of phenolic OH excluding ortho intramolecular Hbond substituents is 2. The van der Waals surface area contributed by atoms with Gasteiger partial charge in [-0.15, -0.1) is 0 Å². The number of carbonyl (C=O) groups excluding carboxylic acids is 1. The van der Waals surface area contributed by atoms with Gasteiger partial charge in [0, 0.05) is 18.0 Å². The monoisotopic (exact) mass is 343 g/mol. The lowest BCUT2D eigenvalue weighted by Crippen LogP contribution is -2.25. The van der Waals surface area contributed by atoms with E-state index in [1.165, 1.54) is 26.3 Å². The average molecular weight is 343 g/mol. The Balaban J connectivity index is 0.00000109. The molecule has 1 aromatic heterocycles. The van der Waals surface area contributed by atoms with Crippen LogP contribution in [0.3, 0.4) is 0 Å². The van der Waals surface area contributed by atoms with Gasteiger partial charge in [0.05, 0.1) is 12.7 Å².